The van der Waals surface area contributed by atoms with E-state index in [1.165, 1.54) is 12.8 Å². The van der Waals surface area contributed by atoms with Crippen LogP contribution in [0.3, 0.4) is 0 Å². The molecule has 0 unspecified atom stereocenters. The molecule has 28 heavy (non-hydrogen) atoms. The van der Waals surface area contributed by atoms with Gasteiger partial charge in [-0.25, -0.2) is 0 Å². The molecule has 0 bridgehead atoms. The molecule has 8 heteroatoms. The summed E-state index contributed by atoms with van der Waals surface area (Å²) >= 11 is 0. The van der Waals surface area contributed by atoms with E-state index in [4.69, 9.17) is 4.42 Å². The molecule has 146 valence electrons. The smallest absolute Gasteiger partial charge is 0.316 e. The molecule has 5 rings (SSSR count). The summed E-state index contributed by atoms with van der Waals surface area (Å²) in [4.78, 5) is 14.7. The predicted molar refractivity (Wildman–Crippen MR) is 105 cm³/mol. The third-order valence-electron chi connectivity index (χ3n) is 6.22. The van der Waals surface area contributed by atoms with E-state index >= 15 is 0 Å². The molecule has 1 N–H and O–H groups in total. The Bertz CT molecular complexity index is 1020. The normalized spacial score (nSPS) is 19.1. The number of piperidine rings is 1. The predicted octanol–water partition coefficient (Wildman–Crippen LogP) is 2.83. The van der Waals surface area contributed by atoms with Crippen LogP contribution in [-0.4, -0.2) is 49.9 Å². The minimum Gasteiger partial charge on any atom is -0.403 e. The molecule has 3 heterocycles. The molecule has 1 saturated heterocycles. The SMILES string of the molecule is C[C@@H](Nc1nnc(-c2ccc3c(cnn3C)c2)o1)C(=O)N1CCC2(CC1)CC2. The van der Waals surface area contributed by atoms with Crippen molar-refractivity contribution in [2.24, 2.45) is 12.5 Å². The highest BCUT2D eigenvalue weighted by Crippen LogP contribution is 2.53. The number of carbonyl (C=O) groups is 1. The van der Waals surface area contributed by atoms with Crippen LogP contribution in [0.1, 0.15) is 32.6 Å². The molecule has 1 atom stereocenters. The molecular formula is C20H24N6O2. The third-order valence-corrected chi connectivity index (χ3v) is 6.22. The highest BCUT2D eigenvalue weighted by Gasteiger charge is 2.45. The standard InChI is InChI=1S/C20H24N6O2/c1-13(18(27)26-9-7-20(5-6-20)8-10-26)22-19-24-23-17(28-19)14-3-4-16-15(11-14)12-21-25(16)2/h3-4,11-13H,5-10H2,1-2H3,(H,22,24)/t13-/m1/s1. The first-order valence-electron chi connectivity index (χ1n) is 9.84. The number of benzene rings is 1. The second-order valence-corrected chi connectivity index (χ2v) is 8.15. The minimum absolute atomic E-state index is 0.0898. The summed E-state index contributed by atoms with van der Waals surface area (Å²) in [5, 5.41) is 16.5. The summed E-state index contributed by atoms with van der Waals surface area (Å²) in [5.41, 5.74) is 2.42. The summed E-state index contributed by atoms with van der Waals surface area (Å²) in [6.07, 6.45) is 6.73. The van der Waals surface area contributed by atoms with E-state index in [0.717, 1.165) is 42.4 Å². The number of carbonyl (C=O) groups excluding carboxylic acids is 1. The molecule has 1 aliphatic heterocycles. The van der Waals surface area contributed by atoms with Crippen LogP contribution < -0.4 is 5.32 Å². The number of anilines is 1. The van der Waals surface area contributed by atoms with Gasteiger partial charge in [0.25, 0.3) is 0 Å². The van der Waals surface area contributed by atoms with Crippen LogP contribution in [0.4, 0.5) is 6.01 Å². The molecule has 2 aliphatic rings. The number of hydrogen-bond donors (Lipinski definition) is 1. The Morgan fingerprint density at radius 1 is 1.21 bits per heavy atom. The maximum absolute atomic E-state index is 12.7. The molecule has 1 spiro atoms. The second-order valence-electron chi connectivity index (χ2n) is 8.15. The summed E-state index contributed by atoms with van der Waals surface area (Å²) < 4.78 is 7.56. The lowest BCUT2D eigenvalue weighted by molar-refractivity contribution is -0.133. The average molecular weight is 380 g/mol. The molecule has 8 nitrogen and oxygen atoms in total. The molecular weight excluding hydrogens is 356 g/mol. The van der Waals surface area contributed by atoms with Crippen LogP contribution in [0.5, 0.6) is 0 Å². The van der Waals surface area contributed by atoms with Crippen molar-refractivity contribution in [3.05, 3.63) is 24.4 Å². The van der Waals surface area contributed by atoms with Gasteiger partial charge >= 0.3 is 6.01 Å². The van der Waals surface area contributed by atoms with Crippen molar-refractivity contribution < 1.29 is 9.21 Å². The van der Waals surface area contributed by atoms with Gasteiger partial charge in [0.15, 0.2) is 0 Å². The maximum Gasteiger partial charge on any atom is 0.316 e. The quantitative estimate of drug-likeness (QED) is 0.749. The van der Waals surface area contributed by atoms with Gasteiger partial charge in [0.1, 0.15) is 6.04 Å². The first-order chi connectivity index (χ1) is 13.5. The number of nitrogens with one attached hydrogen (secondary N) is 1. The fraction of sp³-hybridized carbons (Fsp3) is 0.500. The average Bonchev–Trinajstić information content (AvgIpc) is 3.12. The number of fused-ring (bicyclic) bond motifs is 1. The van der Waals surface area contributed by atoms with E-state index in [1.807, 2.05) is 41.8 Å². The Balaban J connectivity index is 1.25. The Labute approximate surface area is 162 Å². The van der Waals surface area contributed by atoms with Gasteiger partial charge in [0.2, 0.25) is 11.8 Å². The highest BCUT2D eigenvalue weighted by molar-refractivity contribution is 5.84. The number of hydrogen-bond acceptors (Lipinski definition) is 6. The molecule has 1 aromatic carbocycles. The van der Waals surface area contributed by atoms with Crippen LogP contribution in [-0.2, 0) is 11.8 Å². The molecule has 2 fully saturated rings. The van der Waals surface area contributed by atoms with Gasteiger partial charge in [-0.3, -0.25) is 9.48 Å². The van der Waals surface area contributed by atoms with E-state index in [9.17, 15) is 4.79 Å². The zero-order valence-corrected chi connectivity index (χ0v) is 16.2. The van der Waals surface area contributed by atoms with Gasteiger partial charge in [-0.05, 0) is 56.2 Å². The van der Waals surface area contributed by atoms with Crippen molar-refractivity contribution in [2.45, 2.75) is 38.6 Å². The number of amides is 1. The van der Waals surface area contributed by atoms with Crippen molar-refractivity contribution in [2.75, 3.05) is 18.4 Å². The van der Waals surface area contributed by atoms with Crippen LogP contribution in [0.2, 0.25) is 0 Å². The minimum atomic E-state index is -0.401. The van der Waals surface area contributed by atoms with Crippen LogP contribution in [0.15, 0.2) is 28.8 Å². The number of aromatic nitrogens is 4. The number of likely N-dealkylation sites (tertiary alicyclic amines) is 1. The zero-order chi connectivity index (χ0) is 19.3. The lowest BCUT2D eigenvalue weighted by Crippen LogP contribution is -2.45. The van der Waals surface area contributed by atoms with Crippen molar-refractivity contribution in [1.82, 2.24) is 24.9 Å². The molecule has 1 amide bonds. The first kappa shape index (κ1) is 17.2. The highest BCUT2D eigenvalue weighted by atomic mass is 16.4. The number of rotatable bonds is 4. The zero-order valence-electron chi connectivity index (χ0n) is 16.2. The van der Waals surface area contributed by atoms with Crippen molar-refractivity contribution >= 4 is 22.8 Å². The number of nitrogens with zero attached hydrogens (tertiary/aromatic N) is 5. The van der Waals surface area contributed by atoms with Crippen LogP contribution in [0, 0.1) is 5.41 Å². The Morgan fingerprint density at radius 2 is 2.00 bits per heavy atom. The van der Waals surface area contributed by atoms with Crippen LogP contribution in [0.25, 0.3) is 22.4 Å². The summed E-state index contributed by atoms with van der Waals surface area (Å²) in [5.74, 6) is 0.508. The molecule has 1 saturated carbocycles. The number of aryl methyl sites for hydroxylation is 1. The van der Waals surface area contributed by atoms with Crippen LogP contribution >= 0.6 is 0 Å². The fourth-order valence-corrected chi connectivity index (χ4v) is 4.09. The largest absolute Gasteiger partial charge is 0.403 e. The van der Waals surface area contributed by atoms with Crippen molar-refractivity contribution in [3.8, 4) is 11.5 Å². The van der Waals surface area contributed by atoms with E-state index in [1.54, 1.807) is 6.20 Å². The Kier molecular flexibility index (Phi) is 3.89. The summed E-state index contributed by atoms with van der Waals surface area (Å²) in [7, 11) is 1.90. The van der Waals surface area contributed by atoms with E-state index in [2.05, 4.69) is 20.6 Å². The molecule has 2 aromatic heterocycles. The second kappa shape index (κ2) is 6.32. The summed E-state index contributed by atoms with van der Waals surface area (Å²) in [6.45, 7) is 3.55. The Hall–Kier alpha value is -2.90. The van der Waals surface area contributed by atoms with E-state index in [0.29, 0.717) is 11.3 Å². The first-order valence-corrected chi connectivity index (χ1v) is 9.84. The molecule has 1 aliphatic carbocycles. The summed E-state index contributed by atoms with van der Waals surface area (Å²) in [6, 6.07) is 5.73. The van der Waals surface area contributed by atoms with Gasteiger partial charge in [0, 0.05) is 31.1 Å². The van der Waals surface area contributed by atoms with Gasteiger partial charge in [-0.15, -0.1) is 5.10 Å². The Morgan fingerprint density at radius 3 is 2.75 bits per heavy atom. The van der Waals surface area contributed by atoms with Crippen molar-refractivity contribution in [3.63, 3.8) is 0 Å². The van der Waals surface area contributed by atoms with Crippen molar-refractivity contribution in [1.29, 1.82) is 0 Å². The maximum atomic E-state index is 12.7. The van der Waals surface area contributed by atoms with Gasteiger partial charge < -0.3 is 14.6 Å². The van der Waals surface area contributed by atoms with Gasteiger partial charge in [-0.1, -0.05) is 5.10 Å². The lowest BCUT2D eigenvalue weighted by Gasteiger charge is -2.33. The van der Waals surface area contributed by atoms with E-state index < -0.39 is 6.04 Å². The van der Waals surface area contributed by atoms with Gasteiger partial charge in [-0.2, -0.15) is 5.10 Å². The molecule has 0 radical (unpaired) electrons. The third kappa shape index (κ3) is 3.02. The lowest BCUT2D eigenvalue weighted by atomic mass is 9.93. The van der Waals surface area contributed by atoms with E-state index in [-0.39, 0.29) is 11.9 Å². The monoisotopic (exact) mass is 380 g/mol. The fourth-order valence-electron chi connectivity index (χ4n) is 4.09. The van der Waals surface area contributed by atoms with Gasteiger partial charge in [0.05, 0.1) is 11.7 Å². The topological polar surface area (TPSA) is 89.1 Å². The molecule has 3 aromatic rings.